The second kappa shape index (κ2) is 7.10. The largest absolute Gasteiger partial charge is 0.578 e. The fourth-order valence-electron chi connectivity index (χ4n) is 0.574. The Morgan fingerprint density at radius 3 is 2.22 bits per heavy atom. The predicted molar refractivity (Wildman–Crippen MR) is 64.5 cm³/mol. The topological polar surface area (TPSA) is 155 Å². The quantitative estimate of drug-likeness (QED) is 0.378. The van der Waals surface area contributed by atoms with Gasteiger partial charge < -0.3 is 14.2 Å². The van der Waals surface area contributed by atoms with Crippen LogP contribution in [0.25, 0.3) is 0 Å². The van der Waals surface area contributed by atoms with Crippen LogP contribution in [0.15, 0.2) is 0 Å². The van der Waals surface area contributed by atoms with Gasteiger partial charge in [-0.1, -0.05) is 0 Å². The van der Waals surface area contributed by atoms with E-state index >= 15 is 0 Å². The average molecular weight is 347 g/mol. The summed E-state index contributed by atoms with van der Waals surface area (Å²) in [5, 5.41) is 0. The van der Waals surface area contributed by atoms with Crippen LogP contribution in [0.1, 0.15) is 6.92 Å². The van der Waals surface area contributed by atoms with Gasteiger partial charge in [-0.3, -0.25) is 4.89 Å². The molecular weight excluding hydrogens is 333 g/mol. The molecule has 0 fully saturated rings. The van der Waals surface area contributed by atoms with Gasteiger partial charge in [0.1, 0.15) is 0 Å². The van der Waals surface area contributed by atoms with Gasteiger partial charge in [-0.05, 0) is 23.0 Å². The van der Waals surface area contributed by atoms with Gasteiger partial charge in [0.25, 0.3) is 0 Å². The smallest absolute Gasteiger partial charge is 0.379 e. The Kier molecular flexibility index (Phi) is 7.48. The van der Waals surface area contributed by atoms with Crippen molar-refractivity contribution in [2.24, 2.45) is 0 Å². The van der Waals surface area contributed by atoms with E-state index in [1.165, 1.54) is 7.11 Å². The lowest BCUT2D eigenvalue weighted by atomic mass is 10.4. The number of phosphoric acid groups is 1. The summed E-state index contributed by atoms with van der Waals surface area (Å²) >= 11 is 4.37. The Bertz CT molecular complexity index is 354. The molecule has 0 heterocycles. The lowest BCUT2D eigenvalue weighted by Gasteiger charge is -2.19. The van der Waals surface area contributed by atoms with Crippen LogP contribution in [0.5, 0.6) is 0 Å². The van der Waals surface area contributed by atoms with Gasteiger partial charge in [0.05, 0.1) is 12.7 Å². The summed E-state index contributed by atoms with van der Waals surface area (Å²) in [4.78, 5) is 43.6. The normalized spacial score (nSPS) is 21.1. The summed E-state index contributed by atoms with van der Waals surface area (Å²) in [6, 6.07) is 0. The highest BCUT2D eigenvalue weighted by Crippen LogP contribution is 2.68. The fraction of sp³-hybridized carbons (Fsp3) is 1.00. The van der Waals surface area contributed by atoms with Crippen molar-refractivity contribution in [3.63, 3.8) is 0 Å². The number of rotatable bonds is 8. The molecular formula is C4H14O10P3S+. The van der Waals surface area contributed by atoms with Gasteiger partial charge in [-0.2, -0.15) is 14.7 Å². The van der Waals surface area contributed by atoms with E-state index in [0.717, 1.165) is 0 Å². The van der Waals surface area contributed by atoms with E-state index < -0.39 is 28.8 Å². The maximum Gasteiger partial charge on any atom is 0.578 e. The molecule has 0 aliphatic heterocycles. The molecule has 18 heavy (non-hydrogen) atoms. The van der Waals surface area contributed by atoms with Crippen LogP contribution in [-0.2, 0) is 34.3 Å². The van der Waals surface area contributed by atoms with Crippen LogP contribution in [0.3, 0.4) is 0 Å². The Labute approximate surface area is 109 Å². The van der Waals surface area contributed by atoms with Crippen molar-refractivity contribution in [1.29, 1.82) is 0 Å². The predicted octanol–water partition coefficient (Wildman–Crippen LogP) is 0.0428. The van der Waals surface area contributed by atoms with Crippen molar-refractivity contribution < 1.29 is 46.9 Å². The Hall–Kier alpha value is 0.950. The molecule has 0 aromatic carbocycles. The van der Waals surface area contributed by atoms with Gasteiger partial charge in [-0.25, -0.2) is 8.88 Å². The molecule has 0 aromatic heterocycles. The zero-order valence-electron chi connectivity index (χ0n) is 9.31. The van der Waals surface area contributed by atoms with E-state index in [2.05, 4.69) is 25.0 Å². The first kappa shape index (κ1) is 18.9. The molecule has 0 aliphatic carbocycles. The SMILES string of the molecule is COC(C)COP(O)(=S)OP(=O)(O)O[P+](O)(O)O. The van der Waals surface area contributed by atoms with E-state index in [1.807, 2.05) is 0 Å². The van der Waals surface area contributed by atoms with Gasteiger partial charge in [0.2, 0.25) is 0 Å². The van der Waals surface area contributed by atoms with E-state index in [1.54, 1.807) is 6.92 Å². The van der Waals surface area contributed by atoms with Gasteiger partial charge in [-0.15, -0.1) is 0 Å². The molecule has 14 heteroatoms. The Morgan fingerprint density at radius 1 is 1.33 bits per heavy atom. The first-order chi connectivity index (χ1) is 7.87. The van der Waals surface area contributed by atoms with Gasteiger partial charge in [0, 0.05) is 7.11 Å². The highest BCUT2D eigenvalue weighted by Gasteiger charge is 2.48. The molecule has 0 saturated heterocycles. The molecule has 0 aromatic rings. The van der Waals surface area contributed by atoms with Crippen molar-refractivity contribution in [1.82, 2.24) is 0 Å². The molecule has 3 atom stereocenters. The van der Waals surface area contributed by atoms with Crippen molar-refractivity contribution in [3.05, 3.63) is 0 Å². The molecule has 0 saturated carbocycles. The summed E-state index contributed by atoms with van der Waals surface area (Å²) in [5.41, 5.74) is 0. The average Bonchev–Trinajstić information content (AvgIpc) is 2.08. The van der Waals surface area contributed by atoms with Crippen LogP contribution in [-0.4, -0.2) is 44.3 Å². The van der Waals surface area contributed by atoms with Crippen LogP contribution >= 0.6 is 22.7 Å². The monoisotopic (exact) mass is 347 g/mol. The molecule has 0 rings (SSSR count). The van der Waals surface area contributed by atoms with Crippen LogP contribution in [0.4, 0.5) is 0 Å². The summed E-state index contributed by atoms with van der Waals surface area (Å²) < 4.78 is 28.1. The number of methoxy groups -OCH3 is 1. The molecule has 0 radical (unpaired) electrons. The second-order valence-corrected chi connectivity index (χ2v) is 8.81. The van der Waals surface area contributed by atoms with Crippen LogP contribution in [0, 0.1) is 0 Å². The lowest BCUT2D eigenvalue weighted by molar-refractivity contribution is 0.0651. The third kappa shape index (κ3) is 9.82. The molecule has 0 aliphatic rings. The standard InChI is InChI=1S/C4H13O10P3S/c1-4(11-2)3-12-17(10,18)14-16(8,9)13-15(5,6)7/h4-7H,3H2,1-2H3,(H-,8,9,10,18)/p+1. The zero-order chi connectivity index (χ0) is 14.6. The van der Waals surface area contributed by atoms with Crippen molar-refractivity contribution in [2.45, 2.75) is 13.0 Å². The molecule has 0 spiro atoms. The Morgan fingerprint density at radius 2 is 1.83 bits per heavy atom. The third-order valence-electron chi connectivity index (χ3n) is 1.29. The first-order valence-electron chi connectivity index (χ1n) is 4.20. The molecule has 0 bridgehead atoms. The minimum Gasteiger partial charge on any atom is -0.379 e. The van der Waals surface area contributed by atoms with Crippen molar-refractivity contribution in [2.75, 3.05) is 13.7 Å². The minimum atomic E-state index is -5.18. The highest BCUT2D eigenvalue weighted by atomic mass is 32.5. The highest BCUT2D eigenvalue weighted by molar-refractivity contribution is 8.08. The third-order valence-corrected chi connectivity index (χ3v) is 6.04. The maximum absolute atomic E-state index is 11.1. The summed E-state index contributed by atoms with van der Waals surface area (Å²) in [7, 11) is -8.84. The fourth-order valence-corrected chi connectivity index (χ4v) is 4.64. The zero-order valence-corrected chi connectivity index (χ0v) is 12.8. The number of hydrogen-bond donors (Lipinski definition) is 5. The minimum absolute atomic E-state index is 0.234. The number of hydrogen-bond acceptors (Lipinski definition) is 9. The van der Waals surface area contributed by atoms with E-state index in [-0.39, 0.29) is 6.61 Å². The summed E-state index contributed by atoms with van der Waals surface area (Å²) in [6.45, 7) is -2.84. The van der Waals surface area contributed by atoms with E-state index in [9.17, 15) is 9.46 Å². The maximum atomic E-state index is 11.1. The van der Waals surface area contributed by atoms with Gasteiger partial charge in [0.15, 0.2) is 0 Å². The molecule has 110 valence electrons. The van der Waals surface area contributed by atoms with Crippen molar-refractivity contribution in [3.8, 4) is 0 Å². The van der Waals surface area contributed by atoms with Crippen LogP contribution < -0.4 is 0 Å². The second-order valence-electron chi connectivity index (χ2n) is 2.96. The summed E-state index contributed by atoms with van der Waals surface area (Å²) in [6.07, 6.45) is -0.470. The van der Waals surface area contributed by atoms with E-state index in [4.69, 9.17) is 24.3 Å². The lowest BCUT2D eigenvalue weighted by Crippen LogP contribution is -2.13. The van der Waals surface area contributed by atoms with Crippen molar-refractivity contribution >= 4 is 34.5 Å². The Balaban J connectivity index is 4.48. The molecule has 3 unspecified atom stereocenters. The molecule has 0 amide bonds. The van der Waals surface area contributed by atoms with E-state index in [0.29, 0.717) is 0 Å². The van der Waals surface area contributed by atoms with Gasteiger partial charge >= 0.3 is 22.7 Å². The molecule has 5 N–H and O–H groups in total. The summed E-state index contributed by atoms with van der Waals surface area (Å²) in [5.74, 6) is 0. The number of ether oxygens (including phenoxy) is 1. The molecule has 10 nitrogen and oxygen atoms in total. The first-order valence-corrected chi connectivity index (χ1v) is 9.85. The van der Waals surface area contributed by atoms with Crippen LogP contribution in [0.2, 0.25) is 0 Å².